The molecule has 1 aliphatic heterocycles. The summed E-state index contributed by atoms with van der Waals surface area (Å²) in [7, 11) is 1.78. The molecule has 9 heavy (non-hydrogen) atoms. The number of piperidine rings is 1. The molecule has 1 saturated heterocycles. The van der Waals surface area contributed by atoms with E-state index in [0.717, 1.165) is 25.9 Å². The van der Waals surface area contributed by atoms with Crippen molar-refractivity contribution in [2.24, 2.45) is 0 Å². The largest absolute Gasteiger partial charge is 0.378 e. The minimum Gasteiger partial charge on any atom is -0.378 e. The van der Waals surface area contributed by atoms with Crippen LogP contribution in [0.15, 0.2) is 0 Å². The first-order valence-corrected chi connectivity index (χ1v) is 3.45. The molecular formula is C7H14NO. The number of ether oxygens (including phenoxy) is 1. The zero-order chi connectivity index (χ0) is 6.74. The van der Waals surface area contributed by atoms with Crippen molar-refractivity contribution in [1.29, 1.82) is 0 Å². The molecule has 0 bridgehead atoms. The quantitative estimate of drug-likeness (QED) is 0.512. The van der Waals surface area contributed by atoms with Gasteiger partial charge in [0.2, 0.25) is 0 Å². The fourth-order valence-electron chi connectivity index (χ4n) is 1.07. The van der Waals surface area contributed by atoms with E-state index in [-0.39, 0.29) is 5.60 Å². The minimum atomic E-state index is 0.127. The van der Waals surface area contributed by atoms with Gasteiger partial charge in [-0.15, -0.1) is 0 Å². The highest BCUT2D eigenvalue weighted by molar-refractivity contribution is 4.80. The lowest BCUT2D eigenvalue weighted by Gasteiger charge is -2.31. The molecule has 0 aromatic heterocycles. The maximum absolute atomic E-state index is 5.32. The van der Waals surface area contributed by atoms with E-state index in [0.29, 0.717) is 0 Å². The van der Waals surface area contributed by atoms with Crippen molar-refractivity contribution in [1.82, 2.24) is 5.32 Å². The predicted molar refractivity (Wildman–Crippen MR) is 36.5 cm³/mol. The van der Waals surface area contributed by atoms with E-state index in [1.165, 1.54) is 0 Å². The maximum Gasteiger partial charge on any atom is 0.0676 e. The van der Waals surface area contributed by atoms with Gasteiger partial charge in [0.1, 0.15) is 0 Å². The van der Waals surface area contributed by atoms with Crippen molar-refractivity contribution < 1.29 is 4.74 Å². The fourth-order valence-corrected chi connectivity index (χ4v) is 1.07. The fraction of sp³-hybridized carbons (Fsp3) is 1.00. The molecule has 0 atom stereocenters. The van der Waals surface area contributed by atoms with Gasteiger partial charge in [-0.25, -0.2) is 5.32 Å². The summed E-state index contributed by atoms with van der Waals surface area (Å²) in [4.78, 5) is 0. The van der Waals surface area contributed by atoms with Crippen molar-refractivity contribution in [3.63, 3.8) is 0 Å². The highest BCUT2D eigenvalue weighted by Crippen LogP contribution is 2.20. The molecule has 0 N–H and O–H groups in total. The van der Waals surface area contributed by atoms with Gasteiger partial charge in [0.05, 0.1) is 5.60 Å². The van der Waals surface area contributed by atoms with E-state index in [2.05, 4.69) is 12.2 Å². The van der Waals surface area contributed by atoms with Gasteiger partial charge in [-0.1, -0.05) is 0 Å². The molecule has 1 radical (unpaired) electrons. The Morgan fingerprint density at radius 3 is 2.22 bits per heavy atom. The normalized spacial score (nSPS) is 26.0. The standard InChI is InChI=1S/C7H14NO/c1-7(9-2)3-5-8-6-4-7/h3-6H2,1-2H3. The Morgan fingerprint density at radius 1 is 1.33 bits per heavy atom. The highest BCUT2D eigenvalue weighted by atomic mass is 16.5. The lowest BCUT2D eigenvalue weighted by Crippen LogP contribution is -2.37. The summed E-state index contributed by atoms with van der Waals surface area (Å²) in [6.45, 7) is 4.11. The van der Waals surface area contributed by atoms with Crippen LogP contribution in [0.4, 0.5) is 0 Å². The van der Waals surface area contributed by atoms with Gasteiger partial charge < -0.3 is 4.74 Å². The van der Waals surface area contributed by atoms with Crippen LogP contribution < -0.4 is 5.32 Å². The van der Waals surface area contributed by atoms with Crippen LogP contribution in [0, 0.1) is 0 Å². The van der Waals surface area contributed by atoms with Gasteiger partial charge in [0.15, 0.2) is 0 Å². The van der Waals surface area contributed by atoms with Crippen LogP contribution in [0.5, 0.6) is 0 Å². The van der Waals surface area contributed by atoms with Crippen molar-refractivity contribution in [2.45, 2.75) is 25.4 Å². The Morgan fingerprint density at radius 2 is 1.89 bits per heavy atom. The van der Waals surface area contributed by atoms with E-state index >= 15 is 0 Å². The molecule has 1 fully saturated rings. The lowest BCUT2D eigenvalue weighted by atomic mass is 9.95. The number of nitrogens with zero attached hydrogens (tertiary/aromatic N) is 1. The van der Waals surface area contributed by atoms with Gasteiger partial charge in [0, 0.05) is 20.2 Å². The molecule has 0 aromatic rings. The molecule has 0 unspecified atom stereocenters. The zero-order valence-electron chi connectivity index (χ0n) is 6.18. The predicted octanol–water partition coefficient (Wildman–Crippen LogP) is 0.790. The molecule has 2 nitrogen and oxygen atoms in total. The summed E-state index contributed by atoms with van der Waals surface area (Å²) in [5.41, 5.74) is 0.127. The van der Waals surface area contributed by atoms with Gasteiger partial charge in [-0.05, 0) is 19.8 Å². The van der Waals surface area contributed by atoms with Gasteiger partial charge in [-0.3, -0.25) is 0 Å². The van der Waals surface area contributed by atoms with Crippen molar-refractivity contribution in [3.05, 3.63) is 0 Å². The van der Waals surface area contributed by atoms with E-state index in [1.54, 1.807) is 7.11 Å². The first kappa shape index (κ1) is 7.03. The third-order valence-corrected chi connectivity index (χ3v) is 2.09. The smallest absolute Gasteiger partial charge is 0.0676 e. The summed E-state index contributed by atoms with van der Waals surface area (Å²) in [6, 6.07) is 0. The van der Waals surface area contributed by atoms with Gasteiger partial charge in [0.25, 0.3) is 0 Å². The molecule has 0 amide bonds. The molecule has 53 valence electrons. The number of hydrogen-bond donors (Lipinski definition) is 0. The van der Waals surface area contributed by atoms with Crippen LogP contribution in [0.2, 0.25) is 0 Å². The van der Waals surface area contributed by atoms with Crippen LogP contribution in [-0.4, -0.2) is 25.8 Å². The Hall–Kier alpha value is -0.0800. The minimum absolute atomic E-state index is 0.127. The second kappa shape index (κ2) is 2.67. The second-order valence-electron chi connectivity index (χ2n) is 2.82. The summed E-state index contributed by atoms with van der Waals surface area (Å²) < 4.78 is 5.32. The molecule has 0 aliphatic carbocycles. The molecule has 0 spiro atoms. The molecule has 1 aliphatic rings. The zero-order valence-corrected chi connectivity index (χ0v) is 6.18. The lowest BCUT2D eigenvalue weighted by molar-refractivity contribution is -0.0184. The van der Waals surface area contributed by atoms with Crippen LogP contribution in [0.3, 0.4) is 0 Å². The summed E-state index contributed by atoms with van der Waals surface area (Å²) in [5.74, 6) is 0. The number of hydrogen-bond acceptors (Lipinski definition) is 1. The first-order chi connectivity index (χ1) is 4.27. The Bertz CT molecular complexity index is 86.9. The van der Waals surface area contributed by atoms with Crippen molar-refractivity contribution in [3.8, 4) is 0 Å². The second-order valence-corrected chi connectivity index (χ2v) is 2.82. The van der Waals surface area contributed by atoms with Gasteiger partial charge in [-0.2, -0.15) is 0 Å². The van der Waals surface area contributed by atoms with E-state index < -0.39 is 0 Å². The highest BCUT2D eigenvalue weighted by Gasteiger charge is 2.25. The maximum atomic E-state index is 5.32. The average molecular weight is 128 g/mol. The number of methoxy groups -OCH3 is 1. The third-order valence-electron chi connectivity index (χ3n) is 2.09. The van der Waals surface area contributed by atoms with E-state index in [4.69, 9.17) is 4.74 Å². The van der Waals surface area contributed by atoms with Crippen molar-refractivity contribution in [2.75, 3.05) is 20.2 Å². The molecule has 2 heteroatoms. The SMILES string of the molecule is COC1(C)CC[N]CC1. The van der Waals surface area contributed by atoms with Crippen LogP contribution >= 0.6 is 0 Å². The van der Waals surface area contributed by atoms with E-state index in [9.17, 15) is 0 Å². The van der Waals surface area contributed by atoms with Crippen LogP contribution in [0.1, 0.15) is 19.8 Å². The summed E-state index contributed by atoms with van der Waals surface area (Å²) >= 11 is 0. The molecule has 1 rings (SSSR count). The summed E-state index contributed by atoms with van der Waals surface area (Å²) in [6.07, 6.45) is 2.17. The van der Waals surface area contributed by atoms with Gasteiger partial charge >= 0.3 is 0 Å². The van der Waals surface area contributed by atoms with Crippen LogP contribution in [0.25, 0.3) is 0 Å². The summed E-state index contributed by atoms with van der Waals surface area (Å²) in [5, 5.41) is 4.24. The molecular weight excluding hydrogens is 114 g/mol. The van der Waals surface area contributed by atoms with Crippen LogP contribution in [-0.2, 0) is 4.74 Å². The van der Waals surface area contributed by atoms with Crippen molar-refractivity contribution >= 4 is 0 Å². The Balaban J connectivity index is 2.37. The topological polar surface area (TPSA) is 23.3 Å². The Labute approximate surface area is 56.6 Å². The van der Waals surface area contributed by atoms with E-state index in [1.807, 2.05) is 0 Å². The Kier molecular flexibility index (Phi) is 2.09. The third kappa shape index (κ3) is 1.66. The molecule has 0 saturated carbocycles. The monoisotopic (exact) mass is 128 g/mol. The number of rotatable bonds is 1. The molecule has 0 aromatic carbocycles. The average Bonchev–Trinajstić information content (AvgIpc) is 1.90. The molecule has 1 heterocycles. The first-order valence-electron chi connectivity index (χ1n) is 3.45.